The Morgan fingerprint density at radius 2 is 0.767 bits per heavy atom. The van der Waals surface area contributed by atoms with E-state index in [4.69, 9.17) is 28.4 Å². The monoisotopic (exact) mass is 1260 g/mol. The number of aromatic nitrogens is 2. The zero-order valence-electron chi connectivity index (χ0n) is 53.2. The summed E-state index contributed by atoms with van der Waals surface area (Å²) in [5, 5.41) is 9.13. The Kier molecular flexibility index (Phi) is 27.2. The number of ether oxygens (including phenoxy) is 6. The van der Waals surface area contributed by atoms with Gasteiger partial charge in [-0.3, -0.25) is 19.4 Å². The minimum absolute atomic E-state index is 0.142. The van der Waals surface area contributed by atoms with Crippen molar-refractivity contribution in [1.82, 2.24) is 19.8 Å². The largest absolute Gasteiger partial charge is 0.494 e. The van der Waals surface area contributed by atoms with E-state index in [1.54, 1.807) is 0 Å². The van der Waals surface area contributed by atoms with Crippen molar-refractivity contribution in [2.75, 3.05) is 102 Å². The Balaban J connectivity index is 0.457. The van der Waals surface area contributed by atoms with Gasteiger partial charge in [0.1, 0.15) is 11.5 Å². The summed E-state index contributed by atoms with van der Waals surface area (Å²) in [6, 6.07) is 37.3. The molecule has 0 saturated carbocycles. The lowest BCUT2D eigenvalue weighted by Crippen LogP contribution is -2.46. The van der Waals surface area contributed by atoms with Gasteiger partial charge in [0.15, 0.2) is 0 Å². The molecule has 4 aromatic heterocycles. The summed E-state index contributed by atoms with van der Waals surface area (Å²) < 4.78 is 37.2. The maximum Gasteiger partial charge on any atom is 0.308 e. The van der Waals surface area contributed by atoms with Crippen LogP contribution < -0.4 is 28.7 Å². The first-order valence-electron chi connectivity index (χ1n) is 34.0. The third-order valence-corrected chi connectivity index (χ3v) is 19.6. The molecule has 2 saturated heterocycles. The molecule has 482 valence electrons. The first kappa shape index (κ1) is 66.2. The standard InChI is InChI=1S/C74H96N6O8S2/c81-73(87-57-85-71-37-33-59-31-35-61(55-65(59)75-71)83-51-21-19-41-77-43-47-79(48-44-77)67-25-23-27-69-63(67)39-53-89-69)29-17-15-13-11-9-7-5-3-1-2-4-6-8-10-12-14-16-18-30-74(82)88-58-86-72-38-34-60-32-36-62(56-66(60)76-72)84-52-22-20-42-78-45-49-80(50-46-78)68-26-24-28-70-64(68)40-54-90-70/h23-28,31-40,53-56H,1-22,29-30,41-52,57-58H2. The van der Waals surface area contributed by atoms with E-state index in [9.17, 15) is 9.59 Å². The fourth-order valence-corrected chi connectivity index (χ4v) is 14.1. The lowest BCUT2D eigenvalue weighted by molar-refractivity contribution is -0.151. The molecule has 0 unspecified atom stereocenters. The number of hydrogen-bond donors (Lipinski definition) is 0. The second kappa shape index (κ2) is 37.0. The molecule has 6 heterocycles. The van der Waals surface area contributed by atoms with Crippen molar-refractivity contribution in [3.63, 3.8) is 0 Å². The number of esters is 2. The molecule has 0 N–H and O–H groups in total. The molecule has 0 bridgehead atoms. The number of thiophene rings is 2. The van der Waals surface area contributed by atoms with Crippen LogP contribution in [-0.2, 0) is 19.1 Å². The molecule has 2 aliphatic heterocycles. The van der Waals surface area contributed by atoms with Crippen LogP contribution >= 0.6 is 22.7 Å². The van der Waals surface area contributed by atoms with Gasteiger partial charge >= 0.3 is 11.9 Å². The predicted molar refractivity (Wildman–Crippen MR) is 369 cm³/mol. The van der Waals surface area contributed by atoms with Crippen LogP contribution in [0.5, 0.6) is 23.3 Å². The van der Waals surface area contributed by atoms with Crippen molar-refractivity contribution in [2.45, 2.75) is 154 Å². The number of piperazine rings is 2. The fourth-order valence-electron chi connectivity index (χ4n) is 12.5. The number of unbranched alkanes of at least 4 members (excludes halogenated alkanes) is 19. The summed E-state index contributed by atoms with van der Waals surface area (Å²) in [5.41, 5.74) is 4.31. The van der Waals surface area contributed by atoms with Gasteiger partial charge in [-0.2, -0.15) is 0 Å². The molecule has 4 aromatic carbocycles. The smallest absolute Gasteiger partial charge is 0.308 e. The van der Waals surface area contributed by atoms with E-state index in [2.05, 4.69) is 88.9 Å². The topological polar surface area (TPSA) is 128 Å². The molecule has 0 aliphatic carbocycles. The van der Waals surface area contributed by atoms with Crippen LogP contribution in [0.2, 0.25) is 0 Å². The molecule has 0 radical (unpaired) electrons. The Hall–Kier alpha value is -6.72. The van der Waals surface area contributed by atoms with Crippen molar-refractivity contribution >= 4 is 88.0 Å². The lowest BCUT2D eigenvalue weighted by Gasteiger charge is -2.36. The third kappa shape index (κ3) is 21.4. The van der Waals surface area contributed by atoms with Crippen molar-refractivity contribution < 1.29 is 38.0 Å². The molecular weight excluding hydrogens is 1160 g/mol. The normalized spacial score (nSPS) is 14.0. The number of nitrogens with zero attached hydrogens (tertiary/aromatic N) is 6. The SMILES string of the molecule is O=C(CCCCCCCCCCCCCCCCCCCCC(=O)OCOc1ccc2ccc(OCCCCN3CCN(c4cccc5sccc45)CC3)cc2n1)OCOc1ccc2ccc(OCCCCN3CCN(c4cccc5sccc45)CC3)cc2n1. The van der Waals surface area contributed by atoms with Gasteiger partial charge in [0.25, 0.3) is 0 Å². The number of carbonyl (C=O) groups is 2. The Labute approximate surface area is 542 Å². The summed E-state index contributed by atoms with van der Waals surface area (Å²) >= 11 is 3.63. The Bertz CT molecular complexity index is 3190. The third-order valence-electron chi connectivity index (χ3n) is 17.8. The highest BCUT2D eigenvalue weighted by Gasteiger charge is 2.21. The minimum atomic E-state index is -0.228. The summed E-state index contributed by atoms with van der Waals surface area (Å²) in [6.07, 6.45) is 26.6. The molecule has 16 heteroatoms. The number of hydrogen-bond acceptors (Lipinski definition) is 16. The fraction of sp³-hybridized carbons (Fsp3) is 0.514. The average molecular weight is 1260 g/mol. The quantitative estimate of drug-likeness (QED) is 0.0205. The Morgan fingerprint density at radius 3 is 1.17 bits per heavy atom. The maximum absolute atomic E-state index is 12.4. The second-order valence-electron chi connectivity index (χ2n) is 24.4. The van der Waals surface area contributed by atoms with Crippen LogP contribution in [0.15, 0.2) is 120 Å². The molecule has 0 spiro atoms. The van der Waals surface area contributed by atoms with Gasteiger partial charge in [-0.25, -0.2) is 9.97 Å². The average Bonchev–Trinajstić information content (AvgIpc) is 2.14. The van der Waals surface area contributed by atoms with Crippen LogP contribution in [0.1, 0.15) is 154 Å². The van der Waals surface area contributed by atoms with Crippen LogP contribution in [0.3, 0.4) is 0 Å². The molecule has 8 aromatic rings. The predicted octanol–water partition coefficient (Wildman–Crippen LogP) is 17.4. The van der Waals surface area contributed by atoms with Gasteiger partial charge in [0, 0.05) is 132 Å². The summed E-state index contributed by atoms with van der Waals surface area (Å²) in [6.45, 7) is 11.8. The Morgan fingerprint density at radius 1 is 0.389 bits per heavy atom. The summed E-state index contributed by atoms with van der Waals surface area (Å²) in [5.74, 6) is 1.99. The van der Waals surface area contributed by atoms with E-state index < -0.39 is 0 Å². The first-order valence-corrected chi connectivity index (χ1v) is 35.7. The first-order chi connectivity index (χ1) is 44.5. The van der Waals surface area contributed by atoms with Crippen LogP contribution in [0, 0.1) is 0 Å². The van der Waals surface area contributed by atoms with Crippen LogP contribution in [0.4, 0.5) is 11.4 Å². The molecule has 0 amide bonds. The van der Waals surface area contributed by atoms with E-state index in [1.807, 2.05) is 83.3 Å². The number of benzene rings is 4. The van der Waals surface area contributed by atoms with Crippen LogP contribution in [0.25, 0.3) is 42.0 Å². The summed E-state index contributed by atoms with van der Waals surface area (Å²) in [4.78, 5) is 44.3. The van der Waals surface area contributed by atoms with E-state index in [1.165, 1.54) is 109 Å². The number of fused-ring (bicyclic) bond motifs is 4. The maximum atomic E-state index is 12.4. The van der Waals surface area contributed by atoms with E-state index >= 15 is 0 Å². The van der Waals surface area contributed by atoms with Crippen molar-refractivity contribution in [2.24, 2.45) is 0 Å². The van der Waals surface area contributed by atoms with E-state index in [-0.39, 0.29) is 25.5 Å². The van der Waals surface area contributed by atoms with Gasteiger partial charge in [-0.05, 0) is 135 Å². The highest BCUT2D eigenvalue weighted by atomic mass is 32.1. The zero-order chi connectivity index (χ0) is 61.6. The van der Waals surface area contributed by atoms with Crippen molar-refractivity contribution in [1.29, 1.82) is 0 Å². The van der Waals surface area contributed by atoms with Gasteiger partial charge < -0.3 is 38.2 Å². The molecular formula is C74H96N6O8S2. The number of pyridine rings is 2. The zero-order valence-corrected chi connectivity index (χ0v) is 54.8. The van der Waals surface area contributed by atoms with Gasteiger partial charge in [0.05, 0.1) is 24.2 Å². The molecule has 14 nitrogen and oxygen atoms in total. The van der Waals surface area contributed by atoms with Gasteiger partial charge in [-0.15, -0.1) is 22.7 Å². The molecule has 0 atom stereocenters. The second-order valence-corrected chi connectivity index (χ2v) is 26.3. The lowest BCUT2D eigenvalue weighted by atomic mass is 10.0. The number of anilines is 2. The van der Waals surface area contributed by atoms with Crippen molar-refractivity contribution in [3.05, 3.63) is 120 Å². The molecule has 2 fully saturated rings. The molecule has 2 aliphatic rings. The summed E-state index contributed by atoms with van der Waals surface area (Å²) in [7, 11) is 0. The molecule has 90 heavy (non-hydrogen) atoms. The van der Waals surface area contributed by atoms with Crippen molar-refractivity contribution in [3.8, 4) is 23.3 Å². The highest BCUT2D eigenvalue weighted by Crippen LogP contribution is 2.33. The highest BCUT2D eigenvalue weighted by molar-refractivity contribution is 7.17. The minimum Gasteiger partial charge on any atom is -0.494 e. The number of carbonyl (C=O) groups excluding carboxylic acids is 2. The number of rotatable bonds is 41. The van der Waals surface area contributed by atoms with Crippen LogP contribution in [-0.4, -0.2) is 124 Å². The van der Waals surface area contributed by atoms with Gasteiger partial charge in [0.2, 0.25) is 25.3 Å². The van der Waals surface area contributed by atoms with Gasteiger partial charge in [-0.1, -0.05) is 115 Å². The van der Waals surface area contributed by atoms with E-state index in [0.717, 1.165) is 163 Å². The van der Waals surface area contributed by atoms with E-state index in [0.29, 0.717) is 37.8 Å². The molecule has 10 rings (SSSR count).